The molecule has 4 N–H and O–H groups in total. The number of aliphatic hydroxyl groups is 1. The number of H-pyrrole nitrogens is 1. The average molecular weight is 264 g/mol. The lowest BCUT2D eigenvalue weighted by atomic mass is 10.3. The fourth-order valence-electron chi connectivity index (χ4n) is 0.920. The number of rotatable bonds is 3. The molecule has 0 radical (unpaired) electrons. The van der Waals surface area contributed by atoms with E-state index in [1.54, 1.807) is 0 Å². The first kappa shape index (κ1) is 11.2. The SMILES string of the molecule is NCC(O)Cn1cc(Br)c(=O)[nH]c1=O. The lowest BCUT2D eigenvalue weighted by Gasteiger charge is -2.09. The first-order valence-corrected chi connectivity index (χ1v) is 4.71. The van der Waals surface area contributed by atoms with E-state index in [0.717, 1.165) is 0 Å². The molecule has 1 unspecified atom stereocenters. The van der Waals surface area contributed by atoms with Gasteiger partial charge in [-0.15, -0.1) is 0 Å². The summed E-state index contributed by atoms with van der Waals surface area (Å²) in [5.41, 5.74) is 4.13. The van der Waals surface area contributed by atoms with Crippen LogP contribution in [0.15, 0.2) is 20.3 Å². The highest BCUT2D eigenvalue weighted by molar-refractivity contribution is 9.10. The van der Waals surface area contributed by atoms with E-state index in [9.17, 15) is 14.7 Å². The van der Waals surface area contributed by atoms with Gasteiger partial charge in [-0.25, -0.2) is 4.79 Å². The van der Waals surface area contributed by atoms with Crippen LogP contribution < -0.4 is 17.0 Å². The van der Waals surface area contributed by atoms with Crippen molar-refractivity contribution in [2.75, 3.05) is 6.54 Å². The van der Waals surface area contributed by atoms with Gasteiger partial charge in [0.25, 0.3) is 5.56 Å². The van der Waals surface area contributed by atoms with Gasteiger partial charge in [-0.05, 0) is 15.9 Å². The van der Waals surface area contributed by atoms with Crippen LogP contribution in [-0.4, -0.2) is 27.3 Å². The van der Waals surface area contributed by atoms with Gasteiger partial charge >= 0.3 is 5.69 Å². The van der Waals surface area contributed by atoms with Crippen LogP contribution in [0.2, 0.25) is 0 Å². The second-order valence-corrected chi connectivity index (χ2v) is 3.63. The number of hydrogen-bond donors (Lipinski definition) is 3. The minimum atomic E-state index is -0.800. The third-order valence-corrected chi connectivity index (χ3v) is 2.21. The number of halogens is 1. The van der Waals surface area contributed by atoms with Gasteiger partial charge in [0.15, 0.2) is 0 Å². The van der Waals surface area contributed by atoms with Crippen molar-refractivity contribution >= 4 is 15.9 Å². The van der Waals surface area contributed by atoms with Crippen molar-refractivity contribution in [3.05, 3.63) is 31.5 Å². The molecule has 0 amide bonds. The summed E-state index contributed by atoms with van der Waals surface area (Å²) in [4.78, 5) is 24.2. The van der Waals surface area contributed by atoms with Crippen molar-refractivity contribution in [2.45, 2.75) is 12.6 Å². The lowest BCUT2D eigenvalue weighted by Crippen LogP contribution is -2.35. The number of aromatic amines is 1. The van der Waals surface area contributed by atoms with Crippen LogP contribution in [0, 0.1) is 0 Å². The van der Waals surface area contributed by atoms with E-state index in [4.69, 9.17) is 5.73 Å². The molecule has 1 rings (SSSR count). The molecule has 0 aliphatic heterocycles. The molecule has 7 heteroatoms. The molecule has 0 saturated carbocycles. The Morgan fingerprint density at radius 3 is 2.86 bits per heavy atom. The van der Waals surface area contributed by atoms with E-state index in [1.807, 2.05) is 0 Å². The molecule has 0 saturated heterocycles. The number of nitrogens with two attached hydrogens (primary N) is 1. The van der Waals surface area contributed by atoms with Crippen molar-refractivity contribution in [1.29, 1.82) is 0 Å². The van der Waals surface area contributed by atoms with Crippen LogP contribution in [0.3, 0.4) is 0 Å². The summed E-state index contributed by atoms with van der Waals surface area (Å²) in [6.45, 7) is 0.119. The maximum atomic E-state index is 11.2. The Labute approximate surface area is 87.5 Å². The number of aliphatic hydroxyl groups excluding tert-OH is 1. The quantitative estimate of drug-likeness (QED) is 0.626. The molecule has 0 bridgehead atoms. The molecule has 0 spiro atoms. The monoisotopic (exact) mass is 263 g/mol. The summed E-state index contributed by atoms with van der Waals surface area (Å²) in [5.74, 6) is 0. The van der Waals surface area contributed by atoms with Gasteiger partial charge in [0, 0.05) is 12.7 Å². The fraction of sp³-hybridized carbons (Fsp3) is 0.429. The summed E-state index contributed by atoms with van der Waals surface area (Å²) in [5, 5.41) is 9.20. The van der Waals surface area contributed by atoms with Crippen molar-refractivity contribution in [1.82, 2.24) is 9.55 Å². The van der Waals surface area contributed by atoms with E-state index >= 15 is 0 Å². The largest absolute Gasteiger partial charge is 0.390 e. The van der Waals surface area contributed by atoms with Gasteiger partial charge in [-0.1, -0.05) is 0 Å². The lowest BCUT2D eigenvalue weighted by molar-refractivity contribution is 0.160. The normalized spacial score (nSPS) is 12.8. The van der Waals surface area contributed by atoms with E-state index in [-0.39, 0.29) is 17.6 Å². The first-order valence-electron chi connectivity index (χ1n) is 3.92. The predicted molar refractivity (Wildman–Crippen MR) is 54.1 cm³/mol. The second kappa shape index (κ2) is 4.54. The van der Waals surface area contributed by atoms with Crippen LogP contribution in [0.4, 0.5) is 0 Å². The molecule has 0 aliphatic rings. The number of nitrogens with one attached hydrogen (secondary N) is 1. The Hall–Kier alpha value is -0.920. The summed E-state index contributed by atoms with van der Waals surface area (Å²) in [6, 6.07) is 0. The summed E-state index contributed by atoms with van der Waals surface area (Å²) >= 11 is 2.98. The smallest absolute Gasteiger partial charge is 0.328 e. The third kappa shape index (κ3) is 2.53. The minimum Gasteiger partial charge on any atom is -0.390 e. The van der Waals surface area contributed by atoms with Crippen LogP contribution in [0.5, 0.6) is 0 Å². The van der Waals surface area contributed by atoms with Crippen molar-refractivity contribution in [2.24, 2.45) is 5.73 Å². The Bertz CT molecular complexity index is 425. The van der Waals surface area contributed by atoms with E-state index in [2.05, 4.69) is 20.9 Å². The van der Waals surface area contributed by atoms with Crippen molar-refractivity contribution < 1.29 is 5.11 Å². The topological polar surface area (TPSA) is 101 Å². The highest BCUT2D eigenvalue weighted by atomic mass is 79.9. The van der Waals surface area contributed by atoms with Gasteiger partial charge in [-0.3, -0.25) is 14.3 Å². The second-order valence-electron chi connectivity index (χ2n) is 2.78. The van der Waals surface area contributed by atoms with Crippen LogP contribution in [0.25, 0.3) is 0 Å². The molecule has 1 aromatic heterocycles. The Morgan fingerprint density at radius 2 is 2.29 bits per heavy atom. The molecule has 78 valence electrons. The highest BCUT2D eigenvalue weighted by Crippen LogP contribution is 1.98. The molecular formula is C7H10BrN3O3. The standard InChI is InChI=1S/C7H10BrN3O3/c8-5-3-11(2-4(12)1-9)7(14)10-6(5)13/h3-4,12H,1-2,9H2,(H,10,13,14). The van der Waals surface area contributed by atoms with E-state index in [1.165, 1.54) is 10.8 Å². The predicted octanol–water partition coefficient (Wildman–Crippen LogP) is -1.38. The molecule has 6 nitrogen and oxygen atoms in total. The zero-order valence-corrected chi connectivity index (χ0v) is 8.82. The highest BCUT2D eigenvalue weighted by Gasteiger charge is 2.06. The Kier molecular flexibility index (Phi) is 3.62. The van der Waals surface area contributed by atoms with Crippen molar-refractivity contribution in [3.63, 3.8) is 0 Å². The average Bonchev–Trinajstić information content (AvgIpc) is 2.14. The summed E-state index contributed by atoms with van der Waals surface area (Å²) in [7, 11) is 0. The van der Waals surface area contributed by atoms with E-state index < -0.39 is 17.4 Å². The number of aromatic nitrogens is 2. The molecule has 14 heavy (non-hydrogen) atoms. The minimum absolute atomic E-state index is 0.0587. The molecule has 1 heterocycles. The van der Waals surface area contributed by atoms with Crippen LogP contribution in [-0.2, 0) is 6.54 Å². The van der Waals surface area contributed by atoms with Gasteiger partial charge in [0.05, 0.1) is 17.1 Å². The zero-order chi connectivity index (χ0) is 10.7. The maximum Gasteiger partial charge on any atom is 0.328 e. The number of hydrogen-bond acceptors (Lipinski definition) is 4. The first-order chi connectivity index (χ1) is 6.54. The fourth-order valence-corrected chi connectivity index (χ4v) is 1.27. The van der Waals surface area contributed by atoms with Crippen LogP contribution in [0.1, 0.15) is 0 Å². The van der Waals surface area contributed by atoms with E-state index in [0.29, 0.717) is 0 Å². The Morgan fingerprint density at radius 1 is 1.64 bits per heavy atom. The number of nitrogens with zero attached hydrogens (tertiary/aromatic N) is 1. The molecule has 0 aliphatic carbocycles. The van der Waals surface area contributed by atoms with Crippen molar-refractivity contribution in [3.8, 4) is 0 Å². The molecule has 0 fully saturated rings. The van der Waals surface area contributed by atoms with Gasteiger partial charge < -0.3 is 10.8 Å². The molecule has 0 aromatic carbocycles. The summed E-state index contributed by atoms with van der Waals surface area (Å²) in [6.07, 6.45) is 0.519. The third-order valence-electron chi connectivity index (χ3n) is 1.65. The van der Waals surface area contributed by atoms with Gasteiger partial charge in [0.2, 0.25) is 0 Å². The summed E-state index contributed by atoms with van der Waals surface area (Å²) < 4.78 is 1.42. The Balaban J connectivity index is 3.04. The van der Waals surface area contributed by atoms with Crippen LogP contribution >= 0.6 is 15.9 Å². The molecule has 1 aromatic rings. The molecular weight excluding hydrogens is 254 g/mol. The van der Waals surface area contributed by atoms with Gasteiger partial charge in [-0.2, -0.15) is 0 Å². The zero-order valence-electron chi connectivity index (χ0n) is 7.24. The van der Waals surface area contributed by atoms with Gasteiger partial charge in [0.1, 0.15) is 0 Å². The maximum absolute atomic E-state index is 11.2. The molecule has 1 atom stereocenters.